The van der Waals surface area contributed by atoms with Crippen LogP contribution in [0.15, 0.2) is 35.8 Å². The number of para-hydroxylation sites is 1. The lowest BCUT2D eigenvalue weighted by atomic mass is 10.1. The maximum atomic E-state index is 12.2. The Morgan fingerprint density at radius 2 is 2.04 bits per heavy atom. The Morgan fingerprint density at radius 3 is 2.80 bits per heavy atom. The molecule has 0 aliphatic carbocycles. The summed E-state index contributed by atoms with van der Waals surface area (Å²) in [7, 11) is 1.62. The molecule has 0 unspecified atom stereocenters. The summed E-state index contributed by atoms with van der Waals surface area (Å²) in [6.07, 6.45) is 1.98. The highest BCUT2D eigenvalue weighted by Crippen LogP contribution is 2.39. The van der Waals surface area contributed by atoms with E-state index in [0.717, 1.165) is 26.9 Å². The van der Waals surface area contributed by atoms with E-state index >= 15 is 0 Å². The van der Waals surface area contributed by atoms with Gasteiger partial charge in [0.05, 0.1) is 23.4 Å². The molecule has 0 spiro atoms. The fraction of sp³-hybridized carbons (Fsp3) is 0.167. The standard InChI is InChI=1S/C18H15N3O2S2/c1-10-15(21-8-9-24-18(21)19-10)17-20-14(16(25-17)11(2)22)12-6-4-5-7-13(12)23-3/h4-9H,1-3H3. The van der Waals surface area contributed by atoms with Gasteiger partial charge in [0.25, 0.3) is 0 Å². The minimum atomic E-state index is -0.00612. The second-order valence-corrected chi connectivity index (χ2v) is 7.43. The fourth-order valence-corrected chi connectivity index (χ4v) is 4.66. The summed E-state index contributed by atoms with van der Waals surface area (Å²) in [5, 5.41) is 2.78. The average Bonchev–Trinajstić information content (AvgIpc) is 3.28. The van der Waals surface area contributed by atoms with Gasteiger partial charge in [-0.2, -0.15) is 0 Å². The number of fused-ring (bicyclic) bond motifs is 1. The van der Waals surface area contributed by atoms with Gasteiger partial charge in [-0.1, -0.05) is 12.1 Å². The molecule has 3 heterocycles. The highest BCUT2D eigenvalue weighted by atomic mass is 32.1. The van der Waals surface area contributed by atoms with E-state index in [-0.39, 0.29) is 5.78 Å². The predicted octanol–water partition coefficient (Wildman–Crippen LogP) is 4.71. The first-order valence-electron chi connectivity index (χ1n) is 7.68. The minimum Gasteiger partial charge on any atom is -0.496 e. The Balaban J connectivity index is 1.97. The molecule has 1 aromatic carbocycles. The van der Waals surface area contributed by atoms with Crippen LogP contribution in [0.25, 0.3) is 26.9 Å². The summed E-state index contributed by atoms with van der Waals surface area (Å²) in [5.74, 6) is 0.695. The third kappa shape index (κ3) is 2.56. The van der Waals surface area contributed by atoms with E-state index < -0.39 is 0 Å². The third-order valence-corrected chi connectivity index (χ3v) is 5.87. The normalized spacial score (nSPS) is 11.2. The van der Waals surface area contributed by atoms with Crippen molar-refractivity contribution in [3.8, 4) is 27.7 Å². The zero-order chi connectivity index (χ0) is 17.6. The molecule has 3 aromatic heterocycles. The number of aryl methyl sites for hydroxylation is 1. The number of ether oxygens (including phenoxy) is 1. The molecule has 0 radical (unpaired) electrons. The van der Waals surface area contributed by atoms with Crippen molar-refractivity contribution < 1.29 is 9.53 Å². The topological polar surface area (TPSA) is 56.5 Å². The molecule has 0 saturated heterocycles. The summed E-state index contributed by atoms with van der Waals surface area (Å²) in [4.78, 5) is 23.2. The molecule has 0 fully saturated rings. The maximum absolute atomic E-state index is 12.2. The van der Waals surface area contributed by atoms with Crippen LogP contribution in [0.2, 0.25) is 0 Å². The third-order valence-electron chi connectivity index (χ3n) is 3.95. The molecule has 0 amide bonds. The molecule has 4 rings (SSSR count). The largest absolute Gasteiger partial charge is 0.496 e. The van der Waals surface area contributed by atoms with Gasteiger partial charge >= 0.3 is 0 Å². The number of carbonyl (C=O) groups excluding carboxylic acids is 1. The number of ketones is 1. The van der Waals surface area contributed by atoms with Gasteiger partial charge in [0, 0.05) is 24.1 Å². The van der Waals surface area contributed by atoms with E-state index in [0.29, 0.717) is 16.3 Å². The van der Waals surface area contributed by atoms with Crippen molar-refractivity contribution in [1.29, 1.82) is 0 Å². The Hall–Kier alpha value is -2.51. The van der Waals surface area contributed by atoms with Crippen LogP contribution in [-0.4, -0.2) is 27.3 Å². The fourth-order valence-electron chi connectivity index (χ4n) is 2.83. The van der Waals surface area contributed by atoms with Crippen LogP contribution < -0.4 is 4.74 Å². The van der Waals surface area contributed by atoms with Crippen molar-refractivity contribution in [2.75, 3.05) is 7.11 Å². The predicted molar refractivity (Wildman–Crippen MR) is 101 cm³/mol. The van der Waals surface area contributed by atoms with Crippen LogP contribution in [0.1, 0.15) is 22.3 Å². The van der Waals surface area contributed by atoms with Crippen LogP contribution >= 0.6 is 22.7 Å². The maximum Gasteiger partial charge on any atom is 0.194 e. The zero-order valence-electron chi connectivity index (χ0n) is 13.9. The van der Waals surface area contributed by atoms with E-state index in [9.17, 15) is 4.79 Å². The van der Waals surface area contributed by atoms with Crippen molar-refractivity contribution in [3.63, 3.8) is 0 Å². The number of carbonyl (C=O) groups is 1. The van der Waals surface area contributed by atoms with Crippen molar-refractivity contribution in [2.45, 2.75) is 13.8 Å². The number of rotatable bonds is 4. The number of methoxy groups -OCH3 is 1. The van der Waals surface area contributed by atoms with Crippen molar-refractivity contribution in [2.24, 2.45) is 0 Å². The van der Waals surface area contributed by atoms with Crippen LogP contribution in [0.5, 0.6) is 5.75 Å². The van der Waals surface area contributed by atoms with E-state index in [1.165, 1.54) is 11.3 Å². The van der Waals surface area contributed by atoms with Crippen LogP contribution in [0, 0.1) is 6.92 Å². The number of imidazole rings is 1. The van der Waals surface area contributed by atoms with Crippen LogP contribution in [0.4, 0.5) is 0 Å². The van der Waals surface area contributed by atoms with E-state index in [1.807, 2.05) is 47.2 Å². The first-order valence-corrected chi connectivity index (χ1v) is 9.37. The molecule has 0 N–H and O–H groups in total. The first kappa shape index (κ1) is 16.0. The Bertz CT molecular complexity index is 1090. The highest BCUT2D eigenvalue weighted by molar-refractivity contribution is 7.17. The Morgan fingerprint density at radius 1 is 1.24 bits per heavy atom. The Labute approximate surface area is 152 Å². The van der Waals surface area contributed by atoms with Crippen LogP contribution in [0.3, 0.4) is 0 Å². The van der Waals surface area contributed by atoms with Crippen LogP contribution in [-0.2, 0) is 0 Å². The second-order valence-electron chi connectivity index (χ2n) is 5.55. The molecule has 4 aromatic rings. The molecule has 5 nitrogen and oxygen atoms in total. The SMILES string of the molecule is COc1ccccc1-c1nc(-c2c(C)nc3sccn23)sc1C(C)=O. The average molecular weight is 369 g/mol. The van der Waals surface area contributed by atoms with Gasteiger partial charge < -0.3 is 4.74 Å². The second kappa shape index (κ2) is 6.09. The van der Waals surface area contributed by atoms with Gasteiger partial charge in [0.1, 0.15) is 16.5 Å². The van der Waals surface area contributed by atoms with Crippen molar-refractivity contribution in [1.82, 2.24) is 14.4 Å². The first-order chi connectivity index (χ1) is 12.1. The highest BCUT2D eigenvalue weighted by Gasteiger charge is 2.23. The van der Waals surface area contributed by atoms with Crippen molar-refractivity contribution in [3.05, 3.63) is 46.4 Å². The molecule has 0 aliphatic heterocycles. The Kier molecular flexibility index (Phi) is 3.89. The molecule has 7 heteroatoms. The van der Waals surface area contributed by atoms with Gasteiger partial charge in [-0.05, 0) is 19.1 Å². The number of nitrogens with zero attached hydrogens (tertiary/aromatic N) is 3. The van der Waals surface area contributed by atoms with Crippen molar-refractivity contribution >= 4 is 33.4 Å². The van der Waals surface area contributed by atoms with Gasteiger partial charge in [-0.15, -0.1) is 22.7 Å². The monoisotopic (exact) mass is 369 g/mol. The number of hydrogen-bond acceptors (Lipinski definition) is 6. The molecule has 25 heavy (non-hydrogen) atoms. The van der Waals surface area contributed by atoms with E-state index in [4.69, 9.17) is 9.72 Å². The molecule has 0 atom stereocenters. The summed E-state index contributed by atoms with van der Waals surface area (Å²) in [6.45, 7) is 3.53. The number of hydrogen-bond donors (Lipinski definition) is 0. The summed E-state index contributed by atoms with van der Waals surface area (Å²) >= 11 is 2.98. The number of Topliss-reactive ketones (excluding diaryl/α,β-unsaturated/α-hetero) is 1. The van der Waals surface area contributed by atoms with Gasteiger partial charge in [-0.25, -0.2) is 9.97 Å². The summed E-state index contributed by atoms with van der Waals surface area (Å²) < 4.78 is 7.48. The van der Waals surface area contributed by atoms with Gasteiger partial charge in [0.15, 0.2) is 10.7 Å². The lowest BCUT2D eigenvalue weighted by molar-refractivity contribution is 0.102. The quantitative estimate of drug-likeness (QED) is 0.489. The van der Waals surface area contributed by atoms with Gasteiger partial charge in [-0.3, -0.25) is 9.20 Å². The molecule has 0 saturated carbocycles. The number of benzene rings is 1. The summed E-state index contributed by atoms with van der Waals surface area (Å²) in [5.41, 5.74) is 3.32. The van der Waals surface area contributed by atoms with E-state index in [1.54, 1.807) is 25.4 Å². The molecule has 126 valence electrons. The number of aromatic nitrogens is 3. The molecular formula is C18H15N3O2S2. The van der Waals surface area contributed by atoms with E-state index in [2.05, 4.69) is 4.98 Å². The lowest BCUT2D eigenvalue weighted by Crippen LogP contribution is -1.94. The smallest absolute Gasteiger partial charge is 0.194 e. The number of thiazole rings is 2. The summed E-state index contributed by atoms with van der Waals surface area (Å²) in [6, 6.07) is 7.62. The molecular weight excluding hydrogens is 354 g/mol. The minimum absolute atomic E-state index is 0.00612. The molecule has 0 bridgehead atoms. The van der Waals surface area contributed by atoms with Gasteiger partial charge in [0.2, 0.25) is 0 Å². The zero-order valence-corrected chi connectivity index (χ0v) is 15.6. The molecule has 0 aliphatic rings. The lowest BCUT2D eigenvalue weighted by Gasteiger charge is -2.06.